The van der Waals surface area contributed by atoms with E-state index in [-0.39, 0.29) is 24.2 Å². The minimum atomic E-state index is -0.362. The van der Waals surface area contributed by atoms with Crippen molar-refractivity contribution in [1.29, 1.82) is 5.26 Å². The van der Waals surface area contributed by atoms with Gasteiger partial charge in [0.15, 0.2) is 0 Å². The first-order chi connectivity index (χ1) is 12.2. The molecule has 4 nitrogen and oxygen atoms in total. The number of hydrogen-bond acceptors (Lipinski definition) is 4. The van der Waals surface area contributed by atoms with Gasteiger partial charge in [-0.1, -0.05) is 30.3 Å². The van der Waals surface area contributed by atoms with E-state index in [9.17, 15) is 10.1 Å². The van der Waals surface area contributed by atoms with Gasteiger partial charge in [0, 0.05) is 11.5 Å². The fourth-order valence-electron chi connectivity index (χ4n) is 3.20. The number of ether oxygens (including phenoxy) is 2. The molecule has 0 radical (unpaired) electrons. The molecule has 0 saturated carbocycles. The predicted octanol–water partition coefficient (Wildman–Crippen LogP) is 3.95. The minimum absolute atomic E-state index is 0.0235. The van der Waals surface area contributed by atoms with Crippen LogP contribution in [0.3, 0.4) is 0 Å². The van der Waals surface area contributed by atoms with E-state index >= 15 is 0 Å². The van der Waals surface area contributed by atoms with Gasteiger partial charge in [-0.2, -0.15) is 5.26 Å². The molecule has 0 bridgehead atoms. The van der Waals surface area contributed by atoms with Gasteiger partial charge < -0.3 is 9.47 Å². The van der Waals surface area contributed by atoms with Crippen molar-refractivity contribution < 1.29 is 14.3 Å². The zero-order chi connectivity index (χ0) is 17.8. The van der Waals surface area contributed by atoms with Crippen LogP contribution in [0.25, 0.3) is 5.76 Å². The van der Waals surface area contributed by atoms with Gasteiger partial charge in [-0.3, -0.25) is 4.79 Å². The number of carbonyl (C=O) groups is 1. The molecule has 0 N–H and O–H groups in total. The van der Waals surface area contributed by atoms with Crippen molar-refractivity contribution in [3.63, 3.8) is 0 Å². The lowest BCUT2D eigenvalue weighted by Gasteiger charge is -2.32. The number of allylic oxidation sites excluding steroid dienone is 1. The van der Waals surface area contributed by atoms with E-state index in [0.29, 0.717) is 11.3 Å². The van der Waals surface area contributed by atoms with Gasteiger partial charge in [0.2, 0.25) is 0 Å². The molecule has 4 heteroatoms. The van der Waals surface area contributed by atoms with Crippen LogP contribution in [0, 0.1) is 17.2 Å². The first-order valence-electron chi connectivity index (χ1n) is 8.12. The van der Waals surface area contributed by atoms with E-state index in [1.54, 1.807) is 14.0 Å². The van der Waals surface area contributed by atoms with Crippen LogP contribution in [0.15, 0.2) is 60.2 Å². The van der Waals surface area contributed by atoms with E-state index < -0.39 is 0 Å². The quantitative estimate of drug-likeness (QED) is 0.850. The van der Waals surface area contributed by atoms with Crippen LogP contribution in [0.1, 0.15) is 24.0 Å². The maximum Gasteiger partial charge on any atom is 0.140 e. The average molecular weight is 333 g/mol. The Hall–Kier alpha value is -3.06. The van der Waals surface area contributed by atoms with Crippen LogP contribution in [-0.2, 0) is 9.53 Å². The third kappa shape index (κ3) is 3.27. The number of nitriles is 1. The molecule has 2 aromatic rings. The molecule has 0 amide bonds. The summed E-state index contributed by atoms with van der Waals surface area (Å²) in [6.45, 7) is 1.82. The lowest BCUT2D eigenvalue weighted by atomic mass is 9.77. The summed E-state index contributed by atoms with van der Waals surface area (Å²) in [5, 5.41) is 9.83. The van der Waals surface area contributed by atoms with E-state index in [1.165, 1.54) is 0 Å². The molecule has 0 aliphatic carbocycles. The number of Topliss-reactive ketones (excluding diaryl/α,β-unsaturated/α-hetero) is 1. The van der Waals surface area contributed by atoms with Gasteiger partial charge in [0.1, 0.15) is 17.3 Å². The number of ketones is 1. The molecule has 0 fully saturated rings. The zero-order valence-electron chi connectivity index (χ0n) is 14.2. The highest BCUT2D eigenvalue weighted by molar-refractivity contribution is 5.83. The Morgan fingerprint density at radius 3 is 2.40 bits per heavy atom. The number of hydrogen-bond donors (Lipinski definition) is 0. The smallest absolute Gasteiger partial charge is 0.140 e. The maximum absolute atomic E-state index is 12.1. The maximum atomic E-state index is 12.1. The fourth-order valence-corrected chi connectivity index (χ4v) is 3.20. The molecule has 3 rings (SSSR count). The van der Waals surface area contributed by atoms with Crippen LogP contribution in [0.5, 0.6) is 5.75 Å². The van der Waals surface area contributed by atoms with Crippen LogP contribution < -0.4 is 4.74 Å². The third-order valence-corrected chi connectivity index (χ3v) is 4.52. The van der Waals surface area contributed by atoms with Crippen molar-refractivity contribution in [1.82, 2.24) is 0 Å². The first kappa shape index (κ1) is 16.8. The molecular weight excluding hydrogens is 314 g/mol. The summed E-state index contributed by atoms with van der Waals surface area (Å²) in [7, 11) is 1.61. The van der Waals surface area contributed by atoms with Crippen molar-refractivity contribution >= 4 is 11.5 Å². The molecule has 1 heterocycles. The first-order valence-corrected chi connectivity index (χ1v) is 8.12. The second-order valence-corrected chi connectivity index (χ2v) is 6.00. The Labute approximate surface area is 147 Å². The Morgan fingerprint density at radius 1 is 1.16 bits per heavy atom. The van der Waals surface area contributed by atoms with E-state index in [2.05, 4.69) is 6.07 Å². The summed E-state index contributed by atoms with van der Waals surface area (Å²) < 4.78 is 11.0. The molecule has 2 atom stereocenters. The van der Waals surface area contributed by atoms with Crippen LogP contribution >= 0.6 is 0 Å². The summed E-state index contributed by atoms with van der Waals surface area (Å²) in [6, 6.07) is 19.3. The molecule has 1 aliphatic rings. The molecule has 0 saturated heterocycles. The third-order valence-electron chi connectivity index (χ3n) is 4.52. The number of methoxy groups -OCH3 is 1. The largest absolute Gasteiger partial charge is 0.497 e. The van der Waals surface area contributed by atoms with Gasteiger partial charge in [0.05, 0.1) is 31.3 Å². The fraction of sp³-hybridized carbons (Fsp3) is 0.238. The Bertz CT molecular complexity index is 832. The van der Waals surface area contributed by atoms with Gasteiger partial charge in [-0.25, -0.2) is 0 Å². The molecule has 2 aromatic carbocycles. The van der Waals surface area contributed by atoms with Crippen molar-refractivity contribution in [2.75, 3.05) is 13.7 Å². The highest BCUT2D eigenvalue weighted by Gasteiger charge is 2.37. The number of carbonyl (C=O) groups excluding carboxylic acids is 1. The molecule has 126 valence electrons. The summed E-state index contributed by atoms with van der Waals surface area (Å²) in [4.78, 5) is 12.1. The van der Waals surface area contributed by atoms with Gasteiger partial charge in [-0.05, 0) is 36.8 Å². The monoisotopic (exact) mass is 333 g/mol. The average Bonchev–Trinajstić information content (AvgIpc) is 2.67. The Balaban J connectivity index is 2.12. The van der Waals surface area contributed by atoms with Crippen molar-refractivity contribution in [2.45, 2.75) is 12.8 Å². The lowest BCUT2D eigenvalue weighted by Crippen LogP contribution is -2.30. The Morgan fingerprint density at radius 2 is 1.84 bits per heavy atom. The van der Waals surface area contributed by atoms with Crippen LogP contribution in [0.4, 0.5) is 0 Å². The summed E-state index contributed by atoms with van der Waals surface area (Å²) in [5.74, 6) is 0.639. The van der Waals surface area contributed by atoms with Crippen LogP contribution in [-0.4, -0.2) is 19.5 Å². The molecule has 1 aliphatic heterocycles. The molecule has 0 aromatic heterocycles. The second-order valence-electron chi connectivity index (χ2n) is 6.00. The van der Waals surface area contributed by atoms with Gasteiger partial charge in [0.25, 0.3) is 0 Å². The molecular formula is C21H19NO3. The highest BCUT2D eigenvalue weighted by Crippen LogP contribution is 2.41. The van der Waals surface area contributed by atoms with E-state index in [1.807, 2.05) is 54.6 Å². The number of rotatable bonds is 4. The standard InChI is InChI=1S/C21H19NO3/c1-14(23)19-13-25-21(16-8-10-17(24-2)11-9-16)18(12-22)20(19)15-6-4-3-5-7-15/h3-11,19-20H,13H2,1-2H3/t19-,20+/m1/s1. The second kappa shape index (κ2) is 7.23. The zero-order valence-corrected chi connectivity index (χ0v) is 14.2. The van der Waals surface area contributed by atoms with Crippen LogP contribution in [0.2, 0.25) is 0 Å². The number of nitrogens with zero attached hydrogens (tertiary/aromatic N) is 1. The van der Waals surface area contributed by atoms with E-state index in [4.69, 9.17) is 9.47 Å². The van der Waals surface area contributed by atoms with Crippen molar-refractivity contribution in [3.8, 4) is 11.8 Å². The highest BCUT2D eigenvalue weighted by atomic mass is 16.5. The van der Waals surface area contributed by atoms with Gasteiger partial charge in [-0.15, -0.1) is 0 Å². The topological polar surface area (TPSA) is 59.3 Å². The van der Waals surface area contributed by atoms with E-state index in [0.717, 1.165) is 16.9 Å². The Kier molecular flexibility index (Phi) is 4.85. The summed E-state index contributed by atoms with van der Waals surface area (Å²) in [5.41, 5.74) is 2.25. The SMILES string of the molecule is COc1ccc(C2=C(C#N)[C@H](c3ccccc3)[C@@H](C(C)=O)CO2)cc1. The summed E-state index contributed by atoms with van der Waals surface area (Å²) >= 11 is 0. The number of benzene rings is 2. The predicted molar refractivity (Wildman–Crippen MR) is 94.8 cm³/mol. The molecule has 0 unspecified atom stereocenters. The minimum Gasteiger partial charge on any atom is -0.497 e. The molecule has 25 heavy (non-hydrogen) atoms. The summed E-state index contributed by atoms with van der Waals surface area (Å²) in [6.07, 6.45) is 0. The lowest BCUT2D eigenvalue weighted by molar-refractivity contribution is -0.122. The van der Waals surface area contributed by atoms with Crippen molar-refractivity contribution in [2.24, 2.45) is 5.92 Å². The van der Waals surface area contributed by atoms with Gasteiger partial charge >= 0.3 is 0 Å². The van der Waals surface area contributed by atoms with Crippen molar-refractivity contribution in [3.05, 3.63) is 71.3 Å². The molecule has 0 spiro atoms. The normalized spacial score (nSPS) is 19.7.